The van der Waals surface area contributed by atoms with E-state index in [2.05, 4.69) is 60.8 Å². The van der Waals surface area contributed by atoms with Gasteiger partial charge >= 0.3 is 0 Å². The monoisotopic (exact) mass is 342 g/mol. The van der Waals surface area contributed by atoms with Crippen molar-refractivity contribution in [1.29, 1.82) is 0 Å². The lowest BCUT2D eigenvalue weighted by Gasteiger charge is -2.42. The Bertz CT molecular complexity index is 885. The Morgan fingerprint density at radius 3 is 2.23 bits per heavy atom. The second-order valence-corrected chi connectivity index (χ2v) is 8.08. The van der Waals surface area contributed by atoms with Crippen LogP contribution in [-0.2, 0) is 0 Å². The SMILES string of the molecule is NC1=CC2=C(CC1)C1=C(C=C(N)C(C3C=CC=CC3)C1)C1C=CC=CC21. The van der Waals surface area contributed by atoms with Crippen LogP contribution in [0.3, 0.4) is 0 Å². The molecule has 0 saturated heterocycles. The van der Waals surface area contributed by atoms with Gasteiger partial charge in [0.1, 0.15) is 0 Å². The van der Waals surface area contributed by atoms with E-state index in [1.807, 2.05) is 0 Å². The normalized spacial score (nSPS) is 34.9. The van der Waals surface area contributed by atoms with E-state index in [9.17, 15) is 0 Å². The van der Waals surface area contributed by atoms with E-state index in [4.69, 9.17) is 11.5 Å². The van der Waals surface area contributed by atoms with Crippen LogP contribution in [0.1, 0.15) is 25.7 Å². The predicted molar refractivity (Wildman–Crippen MR) is 108 cm³/mol. The Balaban J connectivity index is 1.60. The molecule has 5 aliphatic rings. The zero-order valence-corrected chi connectivity index (χ0v) is 15.1. The molecule has 0 bridgehead atoms. The van der Waals surface area contributed by atoms with Crippen LogP contribution in [0.5, 0.6) is 0 Å². The van der Waals surface area contributed by atoms with Crippen molar-refractivity contribution in [3.8, 4) is 0 Å². The molecule has 0 aromatic heterocycles. The lowest BCUT2D eigenvalue weighted by atomic mass is 9.63. The highest BCUT2D eigenvalue weighted by Crippen LogP contribution is 2.51. The first-order chi connectivity index (χ1) is 12.7. The Hall–Kier alpha value is -2.48. The first-order valence-electron chi connectivity index (χ1n) is 9.80. The van der Waals surface area contributed by atoms with E-state index in [-0.39, 0.29) is 0 Å². The smallest absolute Gasteiger partial charge is 0.0128 e. The summed E-state index contributed by atoms with van der Waals surface area (Å²) in [5, 5.41) is 0. The molecule has 0 aromatic rings. The lowest BCUT2D eigenvalue weighted by molar-refractivity contribution is 0.429. The Morgan fingerprint density at radius 1 is 0.769 bits per heavy atom. The number of allylic oxidation sites excluding steroid dienone is 16. The number of fused-ring (bicyclic) bond motifs is 4. The molecule has 0 radical (unpaired) electrons. The molecule has 4 atom stereocenters. The first kappa shape index (κ1) is 15.7. The average Bonchev–Trinajstić information content (AvgIpc) is 2.68. The van der Waals surface area contributed by atoms with Gasteiger partial charge in [0.05, 0.1) is 0 Å². The summed E-state index contributed by atoms with van der Waals surface area (Å²) in [5.41, 5.74) is 20.9. The van der Waals surface area contributed by atoms with Crippen molar-refractivity contribution in [2.75, 3.05) is 0 Å². The molecule has 0 aliphatic heterocycles. The molecule has 2 heteroatoms. The molecule has 5 rings (SSSR count). The largest absolute Gasteiger partial charge is 0.402 e. The summed E-state index contributed by atoms with van der Waals surface area (Å²) in [6.07, 6.45) is 26.7. The highest BCUT2D eigenvalue weighted by atomic mass is 14.6. The fourth-order valence-electron chi connectivity index (χ4n) is 5.32. The van der Waals surface area contributed by atoms with E-state index >= 15 is 0 Å². The quantitative estimate of drug-likeness (QED) is 0.732. The molecule has 0 amide bonds. The number of hydrogen-bond donors (Lipinski definition) is 2. The number of nitrogens with two attached hydrogens (primary N) is 2. The van der Waals surface area contributed by atoms with Gasteiger partial charge in [-0.1, -0.05) is 48.6 Å². The van der Waals surface area contributed by atoms with Gasteiger partial charge in [-0.05, 0) is 66.0 Å². The van der Waals surface area contributed by atoms with Crippen LogP contribution >= 0.6 is 0 Å². The van der Waals surface area contributed by atoms with Gasteiger partial charge in [-0.3, -0.25) is 0 Å². The van der Waals surface area contributed by atoms with Crippen LogP contribution in [0.2, 0.25) is 0 Å². The lowest BCUT2D eigenvalue weighted by Crippen LogP contribution is -2.32. The Labute approximate surface area is 155 Å². The fourth-order valence-corrected chi connectivity index (χ4v) is 5.32. The molecule has 132 valence electrons. The van der Waals surface area contributed by atoms with E-state index < -0.39 is 0 Å². The van der Waals surface area contributed by atoms with Crippen molar-refractivity contribution >= 4 is 0 Å². The molecule has 0 spiro atoms. The molecule has 0 aromatic carbocycles. The molecule has 0 heterocycles. The first-order valence-corrected chi connectivity index (χ1v) is 9.80. The molecule has 26 heavy (non-hydrogen) atoms. The van der Waals surface area contributed by atoms with Crippen LogP contribution < -0.4 is 11.5 Å². The topological polar surface area (TPSA) is 52.0 Å². The molecular formula is C24H26N2. The minimum atomic E-state index is 0.400. The zero-order valence-electron chi connectivity index (χ0n) is 15.1. The molecule has 0 saturated carbocycles. The summed E-state index contributed by atoms with van der Waals surface area (Å²) in [6.45, 7) is 0. The summed E-state index contributed by atoms with van der Waals surface area (Å²) < 4.78 is 0. The fraction of sp³-hybridized carbons (Fsp3) is 0.333. The highest BCUT2D eigenvalue weighted by molar-refractivity contribution is 5.59. The van der Waals surface area contributed by atoms with Crippen LogP contribution in [0.15, 0.2) is 94.4 Å². The minimum absolute atomic E-state index is 0.400. The van der Waals surface area contributed by atoms with Gasteiger partial charge in [0.25, 0.3) is 0 Å². The predicted octanol–water partition coefficient (Wildman–Crippen LogP) is 4.58. The second kappa shape index (κ2) is 6.05. The molecule has 0 fully saturated rings. The van der Waals surface area contributed by atoms with Crippen molar-refractivity contribution in [1.82, 2.24) is 0 Å². The average molecular weight is 342 g/mol. The van der Waals surface area contributed by atoms with Gasteiger partial charge in [-0.2, -0.15) is 0 Å². The van der Waals surface area contributed by atoms with E-state index in [1.165, 1.54) is 11.1 Å². The molecule has 2 nitrogen and oxygen atoms in total. The summed E-state index contributed by atoms with van der Waals surface area (Å²) in [5.74, 6) is 1.73. The van der Waals surface area contributed by atoms with Crippen LogP contribution in [-0.4, -0.2) is 0 Å². The third kappa shape index (κ3) is 2.39. The summed E-state index contributed by atoms with van der Waals surface area (Å²) in [4.78, 5) is 0. The van der Waals surface area contributed by atoms with Crippen molar-refractivity contribution in [2.45, 2.75) is 25.7 Å². The molecule has 4 N–H and O–H groups in total. The van der Waals surface area contributed by atoms with Gasteiger partial charge < -0.3 is 11.5 Å². The van der Waals surface area contributed by atoms with Gasteiger partial charge in [0.2, 0.25) is 0 Å². The number of hydrogen-bond acceptors (Lipinski definition) is 2. The van der Waals surface area contributed by atoms with Crippen LogP contribution in [0.4, 0.5) is 0 Å². The zero-order chi connectivity index (χ0) is 17.7. The van der Waals surface area contributed by atoms with Gasteiger partial charge in [0.15, 0.2) is 0 Å². The van der Waals surface area contributed by atoms with E-state index in [0.29, 0.717) is 23.7 Å². The van der Waals surface area contributed by atoms with Gasteiger partial charge in [-0.25, -0.2) is 0 Å². The van der Waals surface area contributed by atoms with Gasteiger partial charge in [0, 0.05) is 29.1 Å². The Morgan fingerprint density at radius 2 is 1.50 bits per heavy atom. The van der Waals surface area contributed by atoms with Crippen molar-refractivity contribution in [2.24, 2.45) is 35.1 Å². The van der Waals surface area contributed by atoms with Crippen molar-refractivity contribution in [3.63, 3.8) is 0 Å². The second-order valence-electron chi connectivity index (χ2n) is 8.08. The third-order valence-corrected chi connectivity index (χ3v) is 6.62. The van der Waals surface area contributed by atoms with Gasteiger partial charge in [-0.15, -0.1) is 0 Å². The van der Waals surface area contributed by atoms with E-state index in [1.54, 1.807) is 11.1 Å². The maximum atomic E-state index is 6.61. The van der Waals surface area contributed by atoms with Crippen molar-refractivity contribution < 1.29 is 0 Å². The highest BCUT2D eigenvalue weighted by Gasteiger charge is 2.39. The number of rotatable bonds is 1. The Kier molecular flexibility index (Phi) is 3.66. The maximum Gasteiger partial charge on any atom is 0.0128 e. The molecule has 5 aliphatic carbocycles. The summed E-state index contributed by atoms with van der Waals surface area (Å²) in [6, 6.07) is 0. The molecule has 4 unspecified atom stereocenters. The third-order valence-electron chi connectivity index (χ3n) is 6.62. The summed E-state index contributed by atoms with van der Waals surface area (Å²) in [7, 11) is 0. The summed E-state index contributed by atoms with van der Waals surface area (Å²) >= 11 is 0. The molecular weight excluding hydrogens is 316 g/mol. The maximum absolute atomic E-state index is 6.61. The minimum Gasteiger partial charge on any atom is -0.402 e. The van der Waals surface area contributed by atoms with Crippen LogP contribution in [0.25, 0.3) is 0 Å². The van der Waals surface area contributed by atoms with E-state index in [0.717, 1.165) is 37.1 Å². The van der Waals surface area contributed by atoms with Crippen molar-refractivity contribution in [3.05, 3.63) is 94.4 Å². The van der Waals surface area contributed by atoms with Crippen LogP contribution in [0, 0.1) is 23.7 Å². The standard InChI is InChI=1S/C24H26N2/c25-16-10-11-19-21(12-16)17-8-4-5-9-18(17)23-14-24(26)20(13-22(19)23)15-6-2-1-3-7-15/h1-6,8-9,12,14-15,17-18,20H,7,10-11,13,25-26H2.